The van der Waals surface area contributed by atoms with Crippen LogP contribution in [0, 0.1) is 0 Å². The predicted octanol–water partition coefficient (Wildman–Crippen LogP) is 0.883. The number of alkyl halides is 1. The highest BCUT2D eigenvalue weighted by atomic mass is 35.5. The van der Waals surface area contributed by atoms with Gasteiger partial charge in [-0.15, -0.1) is 11.6 Å². The summed E-state index contributed by atoms with van der Waals surface area (Å²) in [7, 11) is 4.46. The SMILES string of the molecule is CO/N=C(\CCl)OC(=O)N(C)C. The highest BCUT2D eigenvalue weighted by molar-refractivity contribution is 6.27. The van der Waals surface area contributed by atoms with Crippen LogP contribution in [-0.4, -0.2) is 44.0 Å². The summed E-state index contributed by atoms with van der Waals surface area (Å²) < 4.78 is 4.68. The van der Waals surface area contributed by atoms with E-state index in [9.17, 15) is 4.79 Å². The number of oxime groups is 1. The molecule has 0 heterocycles. The zero-order valence-electron chi connectivity index (χ0n) is 7.20. The van der Waals surface area contributed by atoms with Crippen LogP contribution in [0.15, 0.2) is 5.16 Å². The van der Waals surface area contributed by atoms with Crippen LogP contribution in [0.4, 0.5) is 4.79 Å². The van der Waals surface area contributed by atoms with Crippen LogP contribution in [0.3, 0.4) is 0 Å². The third-order valence-corrected chi connectivity index (χ3v) is 1.11. The van der Waals surface area contributed by atoms with Gasteiger partial charge in [-0.1, -0.05) is 5.16 Å². The maximum atomic E-state index is 10.9. The predicted molar refractivity (Wildman–Crippen MR) is 45.3 cm³/mol. The second-order valence-electron chi connectivity index (χ2n) is 2.06. The molecule has 0 aliphatic rings. The molecule has 0 atom stereocenters. The van der Waals surface area contributed by atoms with Crippen LogP contribution in [0.1, 0.15) is 0 Å². The van der Waals surface area contributed by atoms with Crippen LogP contribution >= 0.6 is 11.6 Å². The molecule has 0 N–H and O–H groups in total. The molecule has 0 spiro atoms. The summed E-state index contributed by atoms with van der Waals surface area (Å²) in [5.41, 5.74) is 0. The number of rotatable bonds is 2. The van der Waals surface area contributed by atoms with Crippen molar-refractivity contribution in [1.82, 2.24) is 4.90 Å². The van der Waals surface area contributed by atoms with Crippen LogP contribution in [0.25, 0.3) is 0 Å². The Morgan fingerprint density at radius 2 is 2.17 bits per heavy atom. The Kier molecular flexibility index (Phi) is 5.19. The summed E-state index contributed by atoms with van der Waals surface area (Å²) in [5.74, 6) is 0.0332. The molecule has 70 valence electrons. The minimum atomic E-state index is -0.536. The first-order valence-electron chi connectivity index (χ1n) is 3.17. The maximum Gasteiger partial charge on any atom is 0.415 e. The quantitative estimate of drug-likeness (QED) is 0.284. The number of ether oxygens (including phenoxy) is 1. The van der Waals surface area contributed by atoms with E-state index in [4.69, 9.17) is 11.6 Å². The van der Waals surface area contributed by atoms with Crippen molar-refractivity contribution >= 4 is 23.6 Å². The van der Waals surface area contributed by atoms with Crippen molar-refractivity contribution in [2.24, 2.45) is 5.16 Å². The summed E-state index contributed by atoms with van der Waals surface area (Å²) >= 11 is 5.39. The monoisotopic (exact) mass is 194 g/mol. The number of carbonyl (C=O) groups is 1. The molecule has 0 aliphatic carbocycles. The van der Waals surface area contributed by atoms with E-state index in [0.717, 1.165) is 0 Å². The summed E-state index contributed by atoms with van der Waals surface area (Å²) in [6, 6.07) is 0. The summed E-state index contributed by atoms with van der Waals surface area (Å²) in [6.45, 7) is 0. The molecule has 0 saturated carbocycles. The summed E-state index contributed by atoms with van der Waals surface area (Å²) in [6.07, 6.45) is -0.536. The van der Waals surface area contributed by atoms with Gasteiger partial charge in [0, 0.05) is 14.1 Å². The fraction of sp³-hybridized carbons (Fsp3) is 0.667. The Bertz CT molecular complexity index is 182. The van der Waals surface area contributed by atoms with Crippen molar-refractivity contribution in [2.75, 3.05) is 27.1 Å². The van der Waals surface area contributed by atoms with Gasteiger partial charge in [0.2, 0.25) is 0 Å². The van der Waals surface area contributed by atoms with E-state index >= 15 is 0 Å². The van der Waals surface area contributed by atoms with E-state index in [-0.39, 0.29) is 11.8 Å². The summed E-state index contributed by atoms with van der Waals surface area (Å²) in [4.78, 5) is 16.5. The first-order valence-corrected chi connectivity index (χ1v) is 3.70. The Hall–Kier alpha value is -0.970. The van der Waals surface area contributed by atoms with Gasteiger partial charge >= 0.3 is 6.09 Å². The van der Waals surface area contributed by atoms with Crippen LogP contribution in [-0.2, 0) is 9.57 Å². The fourth-order valence-corrected chi connectivity index (χ4v) is 0.468. The van der Waals surface area contributed by atoms with Gasteiger partial charge in [-0.3, -0.25) is 0 Å². The van der Waals surface area contributed by atoms with Gasteiger partial charge in [-0.25, -0.2) is 4.79 Å². The molecule has 5 nitrogen and oxygen atoms in total. The molecular formula is C6H11ClN2O3. The lowest BCUT2D eigenvalue weighted by molar-refractivity contribution is 0.157. The molecule has 0 aromatic carbocycles. The van der Waals surface area contributed by atoms with Crippen molar-refractivity contribution in [2.45, 2.75) is 0 Å². The Morgan fingerprint density at radius 3 is 2.50 bits per heavy atom. The minimum Gasteiger partial charge on any atom is -0.396 e. The van der Waals surface area contributed by atoms with Gasteiger partial charge in [0.1, 0.15) is 13.0 Å². The highest BCUT2D eigenvalue weighted by Gasteiger charge is 2.09. The standard InChI is InChI=1S/C6H11ClN2O3/c1-9(2)6(10)12-5(4-7)8-11-3/h4H2,1-3H3/b8-5+. The third-order valence-electron chi connectivity index (χ3n) is 0.878. The second kappa shape index (κ2) is 5.65. The lowest BCUT2D eigenvalue weighted by atomic mass is 10.7. The molecule has 0 unspecified atom stereocenters. The van der Waals surface area contributed by atoms with Gasteiger partial charge in [-0.2, -0.15) is 0 Å². The van der Waals surface area contributed by atoms with Gasteiger partial charge in [0.05, 0.1) is 0 Å². The highest BCUT2D eigenvalue weighted by Crippen LogP contribution is 1.92. The van der Waals surface area contributed by atoms with Crippen LogP contribution < -0.4 is 0 Å². The lowest BCUT2D eigenvalue weighted by Gasteiger charge is -2.09. The number of carbonyl (C=O) groups excluding carboxylic acids is 1. The largest absolute Gasteiger partial charge is 0.415 e. The number of nitrogens with zero attached hydrogens (tertiary/aromatic N) is 2. The first kappa shape index (κ1) is 11.0. The molecule has 12 heavy (non-hydrogen) atoms. The van der Waals surface area contributed by atoms with E-state index in [0.29, 0.717) is 0 Å². The molecule has 6 heteroatoms. The topological polar surface area (TPSA) is 51.1 Å². The van der Waals surface area contributed by atoms with E-state index in [1.165, 1.54) is 12.0 Å². The third kappa shape index (κ3) is 4.02. The fourth-order valence-electron chi connectivity index (χ4n) is 0.364. The Labute approximate surface area is 75.9 Å². The van der Waals surface area contributed by atoms with E-state index in [1.54, 1.807) is 14.1 Å². The van der Waals surface area contributed by atoms with Crippen molar-refractivity contribution < 1.29 is 14.4 Å². The van der Waals surface area contributed by atoms with Crippen molar-refractivity contribution in [3.05, 3.63) is 0 Å². The Morgan fingerprint density at radius 1 is 1.58 bits per heavy atom. The molecule has 0 aromatic rings. The van der Waals surface area contributed by atoms with E-state index in [1.807, 2.05) is 0 Å². The molecule has 0 aliphatic heterocycles. The van der Waals surface area contributed by atoms with Gasteiger partial charge in [0.15, 0.2) is 0 Å². The molecule has 0 bridgehead atoms. The van der Waals surface area contributed by atoms with Crippen molar-refractivity contribution in [3.63, 3.8) is 0 Å². The summed E-state index contributed by atoms with van der Waals surface area (Å²) in [5, 5.41) is 3.38. The molecule has 0 radical (unpaired) electrons. The van der Waals surface area contributed by atoms with Gasteiger partial charge < -0.3 is 14.5 Å². The first-order chi connectivity index (χ1) is 5.61. The Balaban J connectivity index is 4.03. The number of hydrogen-bond donors (Lipinski definition) is 0. The second-order valence-corrected chi connectivity index (χ2v) is 2.33. The van der Waals surface area contributed by atoms with Crippen LogP contribution in [0.2, 0.25) is 0 Å². The van der Waals surface area contributed by atoms with Gasteiger partial charge in [0.25, 0.3) is 5.90 Å². The molecule has 0 fully saturated rings. The molecule has 0 saturated heterocycles. The zero-order valence-corrected chi connectivity index (χ0v) is 7.96. The van der Waals surface area contributed by atoms with E-state index < -0.39 is 6.09 Å². The maximum absolute atomic E-state index is 10.9. The minimum absolute atomic E-state index is 0.00653. The number of halogens is 1. The molecule has 0 rings (SSSR count). The molecular weight excluding hydrogens is 184 g/mol. The number of hydrogen-bond acceptors (Lipinski definition) is 4. The van der Waals surface area contributed by atoms with E-state index in [2.05, 4.69) is 14.7 Å². The smallest absolute Gasteiger partial charge is 0.396 e. The zero-order chi connectivity index (χ0) is 9.56. The van der Waals surface area contributed by atoms with Crippen molar-refractivity contribution in [3.8, 4) is 0 Å². The average Bonchev–Trinajstić information content (AvgIpc) is 2.03. The van der Waals surface area contributed by atoms with Crippen LogP contribution in [0.5, 0.6) is 0 Å². The van der Waals surface area contributed by atoms with Gasteiger partial charge in [-0.05, 0) is 0 Å². The molecule has 0 aromatic heterocycles. The molecule has 1 amide bonds. The average molecular weight is 195 g/mol. The number of amides is 1. The normalized spacial score (nSPS) is 10.8. The lowest BCUT2D eigenvalue weighted by Crippen LogP contribution is -2.26. The van der Waals surface area contributed by atoms with Crippen molar-refractivity contribution in [1.29, 1.82) is 0 Å².